The lowest BCUT2D eigenvalue weighted by molar-refractivity contribution is 0.284. The summed E-state index contributed by atoms with van der Waals surface area (Å²) in [5, 5.41) is 3.47. The second-order valence-electron chi connectivity index (χ2n) is 4.93. The molecule has 4 heteroatoms. The van der Waals surface area contributed by atoms with E-state index >= 15 is 0 Å². The van der Waals surface area contributed by atoms with Crippen LogP contribution in [-0.2, 0) is 6.54 Å². The Hall–Kier alpha value is -0.870. The highest BCUT2D eigenvalue weighted by atomic mass is 15.1. The molecule has 0 aromatic carbocycles. The van der Waals surface area contributed by atoms with Crippen LogP contribution in [0.2, 0.25) is 0 Å². The van der Waals surface area contributed by atoms with Crippen LogP contribution in [0.5, 0.6) is 0 Å². The second-order valence-corrected chi connectivity index (χ2v) is 4.93. The SMILES string of the molecule is Cc1ncc(CNCCN2CCCCCC2)[nH]1. The summed E-state index contributed by atoms with van der Waals surface area (Å²) in [6, 6.07) is 0. The van der Waals surface area contributed by atoms with E-state index in [1.165, 1.54) is 51.0 Å². The monoisotopic (exact) mass is 236 g/mol. The molecule has 0 spiro atoms. The minimum absolute atomic E-state index is 0.898. The lowest BCUT2D eigenvalue weighted by atomic mass is 10.2. The summed E-state index contributed by atoms with van der Waals surface area (Å²) in [6.45, 7) is 7.69. The summed E-state index contributed by atoms with van der Waals surface area (Å²) >= 11 is 0. The third-order valence-corrected chi connectivity index (χ3v) is 3.37. The van der Waals surface area contributed by atoms with Gasteiger partial charge in [0, 0.05) is 31.5 Å². The molecule has 0 unspecified atom stereocenters. The molecule has 1 aliphatic heterocycles. The third-order valence-electron chi connectivity index (χ3n) is 3.37. The van der Waals surface area contributed by atoms with Crippen molar-refractivity contribution < 1.29 is 0 Å². The first-order valence-corrected chi connectivity index (χ1v) is 6.78. The predicted molar refractivity (Wildman–Crippen MR) is 69.9 cm³/mol. The van der Waals surface area contributed by atoms with Crippen LogP contribution >= 0.6 is 0 Å². The Morgan fingerprint density at radius 3 is 2.71 bits per heavy atom. The molecule has 4 nitrogen and oxygen atoms in total. The van der Waals surface area contributed by atoms with Gasteiger partial charge in [-0.3, -0.25) is 0 Å². The van der Waals surface area contributed by atoms with Crippen molar-refractivity contribution in [1.82, 2.24) is 20.2 Å². The van der Waals surface area contributed by atoms with E-state index in [0.717, 1.165) is 18.9 Å². The Morgan fingerprint density at radius 1 is 1.29 bits per heavy atom. The van der Waals surface area contributed by atoms with E-state index in [-0.39, 0.29) is 0 Å². The Labute approximate surface area is 104 Å². The van der Waals surface area contributed by atoms with Crippen molar-refractivity contribution in [2.45, 2.75) is 39.2 Å². The number of aromatic nitrogens is 2. The van der Waals surface area contributed by atoms with Gasteiger partial charge in [-0.05, 0) is 32.9 Å². The molecule has 1 aromatic rings. The normalized spacial score (nSPS) is 18.2. The quantitative estimate of drug-likeness (QED) is 0.765. The second kappa shape index (κ2) is 6.77. The number of aromatic amines is 1. The van der Waals surface area contributed by atoms with Gasteiger partial charge < -0.3 is 15.2 Å². The molecule has 1 fully saturated rings. The predicted octanol–water partition coefficient (Wildman–Crippen LogP) is 1.68. The fraction of sp³-hybridized carbons (Fsp3) is 0.769. The van der Waals surface area contributed by atoms with E-state index in [4.69, 9.17) is 0 Å². The van der Waals surface area contributed by atoms with Gasteiger partial charge in [0.25, 0.3) is 0 Å². The van der Waals surface area contributed by atoms with Gasteiger partial charge in [0.1, 0.15) is 5.82 Å². The zero-order valence-electron chi connectivity index (χ0n) is 10.8. The van der Waals surface area contributed by atoms with Gasteiger partial charge >= 0.3 is 0 Å². The highest BCUT2D eigenvalue weighted by Gasteiger charge is 2.07. The molecule has 0 amide bonds. The van der Waals surface area contributed by atoms with Crippen molar-refractivity contribution in [1.29, 1.82) is 0 Å². The number of nitrogens with one attached hydrogen (secondary N) is 2. The first kappa shape index (κ1) is 12.6. The Morgan fingerprint density at radius 2 is 2.06 bits per heavy atom. The number of aryl methyl sites for hydroxylation is 1. The van der Waals surface area contributed by atoms with Crippen molar-refractivity contribution in [3.8, 4) is 0 Å². The Kier molecular flexibility index (Phi) is 5.01. The molecule has 1 aromatic heterocycles. The average molecular weight is 236 g/mol. The van der Waals surface area contributed by atoms with E-state index < -0.39 is 0 Å². The highest BCUT2D eigenvalue weighted by molar-refractivity contribution is 4.99. The van der Waals surface area contributed by atoms with E-state index in [2.05, 4.69) is 20.2 Å². The standard InChI is InChI=1S/C13H24N4/c1-12-15-11-13(16-12)10-14-6-9-17-7-4-2-3-5-8-17/h11,14H,2-10H2,1H3,(H,15,16). The molecule has 1 aliphatic rings. The first-order valence-electron chi connectivity index (χ1n) is 6.78. The topological polar surface area (TPSA) is 44.0 Å². The lowest BCUT2D eigenvalue weighted by Crippen LogP contribution is -2.32. The van der Waals surface area contributed by atoms with E-state index in [0.29, 0.717) is 0 Å². The van der Waals surface area contributed by atoms with Crippen LogP contribution in [0.3, 0.4) is 0 Å². The fourth-order valence-electron chi connectivity index (χ4n) is 2.38. The smallest absolute Gasteiger partial charge is 0.103 e. The first-order chi connectivity index (χ1) is 8.34. The largest absolute Gasteiger partial charge is 0.345 e. The molecule has 1 saturated heterocycles. The fourth-order valence-corrected chi connectivity index (χ4v) is 2.38. The highest BCUT2D eigenvalue weighted by Crippen LogP contribution is 2.08. The number of H-pyrrole nitrogens is 1. The van der Waals surface area contributed by atoms with Crippen LogP contribution in [0.15, 0.2) is 6.20 Å². The number of likely N-dealkylation sites (tertiary alicyclic amines) is 1. The maximum absolute atomic E-state index is 4.19. The van der Waals surface area contributed by atoms with Crippen molar-refractivity contribution in [3.63, 3.8) is 0 Å². The van der Waals surface area contributed by atoms with Gasteiger partial charge in [-0.25, -0.2) is 4.98 Å². The molecule has 2 rings (SSSR count). The molecule has 2 heterocycles. The van der Waals surface area contributed by atoms with Crippen LogP contribution in [0.1, 0.15) is 37.2 Å². The summed E-state index contributed by atoms with van der Waals surface area (Å²) < 4.78 is 0. The van der Waals surface area contributed by atoms with Crippen molar-refractivity contribution in [2.24, 2.45) is 0 Å². The van der Waals surface area contributed by atoms with Crippen LogP contribution in [0.4, 0.5) is 0 Å². The number of imidazole rings is 1. The zero-order valence-corrected chi connectivity index (χ0v) is 10.8. The molecular formula is C13H24N4. The van der Waals surface area contributed by atoms with Crippen LogP contribution in [0, 0.1) is 6.92 Å². The van der Waals surface area contributed by atoms with Crippen LogP contribution in [0.25, 0.3) is 0 Å². The summed E-state index contributed by atoms with van der Waals surface area (Å²) in [5.41, 5.74) is 1.18. The van der Waals surface area contributed by atoms with Crippen molar-refractivity contribution in [3.05, 3.63) is 17.7 Å². The van der Waals surface area contributed by atoms with Gasteiger partial charge in [0.2, 0.25) is 0 Å². The maximum Gasteiger partial charge on any atom is 0.103 e. The van der Waals surface area contributed by atoms with Gasteiger partial charge in [-0.2, -0.15) is 0 Å². The van der Waals surface area contributed by atoms with Crippen LogP contribution < -0.4 is 5.32 Å². The summed E-state index contributed by atoms with van der Waals surface area (Å²) in [4.78, 5) is 10.0. The molecular weight excluding hydrogens is 212 g/mol. The number of hydrogen-bond donors (Lipinski definition) is 2. The minimum atomic E-state index is 0.898. The molecule has 0 aliphatic carbocycles. The molecule has 0 atom stereocenters. The van der Waals surface area contributed by atoms with E-state index in [1.54, 1.807) is 0 Å². The summed E-state index contributed by atoms with van der Waals surface area (Å²) in [6.07, 6.45) is 7.49. The molecule has 2 N–H and O–H groups in total. The van der Waals surface area contributed by atoms with E-state index in [1.807, 2.05) is 13.1 Å². The number of rotatable bonds is 5. The zero-order chi connectivity index (χ0) is 11.9. The van der Waals surface area contributed by atoms with Gasteiger partial charge in [0.05, 0.1) is 0 Å². The van der Waals surface area contributed by atoms with Crippen molar-refractivity contribution >= 4 is 0 Å². The van der Waals surface area contributed by atoms with Crippen LogP contribution in [-0.4, -0.2) is 41.0 Å². The molecule has 0 saturated carbocycles. The average Bonchev–Trinajstić information content (AvgIpc) is 2.59. The number of hydrogen-bond acceptors (Lipinski definition) is 3. The van der Waals surface area contributed by atoms with Gasteiger partial charge in [-0.15, -0.1) is 0 Å². The maximum atomic E-state index is 4.19. The number of nitrogens with zero attached hydrogens (tertiary/aromatic N) is 2. The molecule has 0 radical (unpaired) electrons. The molecule has 96 valence electrons. The molecule has 0 bridgehead atoms. The van der Waals surface area contributed by atoms with Gasteiger partial charge in [-0.1, -0.05) is 12.8 Å². The summed E-state index contributed by atoms with van der Waals surface area (Å²) in [5.74, 6) is 0.995. The Bertz CT molecular complexity index is 313. The Balaban J connectivity index is 1.59. The summed E-state index contributed by atoms with van der Waals surface area (Å²) in [7, 11) is 0. The molecule has 17 heavy (non-hydrogen) atoms. The van der Waals surface area contributed by atoms with Crippen molar-refractivity contribution in [2.75, 3.05) is 26.2 Å². The third kappa shape index (κ3) is 4.48. The van der Waals surface area contributed by atoms with Gasteiger partial charge in [0.15, 0.2) is 0 Å². The lowest BCUT2D eigenvalue weighted by Gasteiger charge is -2.19. The minimum Gasteiger partial charge on any atom is -0.345 e. The van der Waals surface area contributed by atoms with E-state index in [9.17, 15) is 0 Å².